The van der Waals surface area contributed by atoms with E-state index in [1.54, 1.807) is 11.0 Å². The number of hydrogen-bond acceptors (Lipinski definition) is 4. The molecule has 1 heterocycles. The second-order valence-corrected chi connectivity index (χ2v) is 4.86. The van der Waals surface area contributed by atoms with Crippen molar-refractivity contribution in [1.82, 2.24) is 14.8 Å². The standard InChI is InChI=1S/C13H17N5S/c1-9-3-4-11(10(7-9)13(14)19)15-6-5-12-16-8-18(2)17-12/h3-4,7-8,15H,5-6H2,1-2H3,(H2,14,19). The fourth-order valence-corrected chi connectivity index (χ4v) is 1.99. The van der Waals surface area contributed by atoms with E-state index in [1.807, 2.05) is 32.2 Å². The van der Waals surface area contributed by atoms with Crippen molar-refractivity contribution in [2.24, 2.45) is 12.8 Å². The highest BCUT2D eigenvalue weighted by Crippen LogP contribution is 2.17. The van der Waals surface area contributed by atoms with Gasteiger partial charge in [-0.05, 0) is 19.1 Å². The van der Waals surface area contributed by atoms with Crippen LogP contribution in [0.4, 0.5) is 5.69 Å². The average Bonchev–Trinajstić information content (AvgIpc) is 2.77. The minimum Gasteiger partial charge on any atom is -0.389 e. The minimum atomic E-state index is 0.405. The zero-order chi connectivity index (χ0) is 13.8. The first-order valence-corrected chi connectivity index (χ1v) is 6.46. The topological polar surface area (TPSA) is 68.8 Å². The number of anilines is 1. The molecule has 0 amide bonds. The maximum absolute atomic E-state index is 5.73. The molecule has 1 aromatic carbocycles. The highest BCUT2D eigenvalue weighted by atomic mass is 32.1. The third-order valence-electron chi connectivity index (χ3n) is 2.75. The average molecular weight is 275 g/mol. The van der Waals surface area contributed by atoms with Gasteiger partial charge in [0, 0.05) is 31.3 Å². The SMILES string of the molecule is Cc1ccc(NCCc2ncn(C)n2)c(C(N)=S)c1. The van der Waals surface area contributed by atoms with E-state index >= 15 is 0 Å². The molecule has 0 unspecified atom stereocenters. The molecule has 0 aliphatic rings. The van der Waals surface area contributed by atoms with Crippen molar-refractivity contribution in [3.63, 3.8) is 0 Å². The highest BCUT2D eigenvalue weighted by molar-refractivity contribution is 7.80. The van der Waals surface area contributed by atoms with E-state index in [1.165, 1.54) is 0 Å². The molecular formula is C13H17N5S. The Balaban J connectivity index is 2.01. The maximum Gasteiger partial charge on any atom is 0.152 e. The van der Waals surface area contributed by atoms with Crippen LogP contribution < -0.4 is 11.1 Å². The summed E-state index contributed by atoms with van der Waals surface area (Å²) in [7, 11) is 1.86. The van der Waals surface area contributed by atoms with Crippen LogP contribution in [0, 0.1) is 6.92 Å². The number of rotatable bonds is 5. The molecule has 0 atom stereocenters. The summed E-state index contributed by atoms with van der Waals surface area (Å²) < 4.78 is 1.70. The third-order valence-corrected chi connectivity index (χ3v) is 2.97. The van der Waals surface area contributed by atoms with E-state index in [4.69, 9.17) is 18.0 Å². The van der Waals surface area contributed by atoms with Gasteiger partial charge in [-0.2, -0.15) is 5.10 Å². The van der Waals surface area contributed by atoms with Crippen LogP contribution in [0.2, 0.25) is 0 Å². The Morgan fingerprint density at radius 1 is 1.47 bits per heavy atom. The van der Waals surface area contributed by atoms with Gasteiger partial charge in [0.15, 0.2) is 5.82 Å². The summed E-state index contributed by atoms with van der Waals surface area (Å²) >= 11 is 5.07. The molecule has 19 heavy (non-hydrogen) atoms. The lowest BCUT2D eigenvalue weighted by Gasteiger charge is -2.11. The molecule has 5 nitrogen and oxygen atoms in total. The fraction of sp³-hybridized carbons (Fsp3) is 0.308. The number of nitrogens with zero attached hydrogens (tertiary/aromatic N) is 3. The molecule has 0 bridgehead atoms. The Kier molecular flexibility index (Phi) is 4.11. The Morgan fingerprint density at radius 3 is 2.89 bits per heavy atom. The molecule has 100 valence electrons. The van der Waals surface area contributed by atoms with Crippen molar-refractivity contribution in [2.75, 3.05) is 11.9 Å². The van der Waals surface area contributed by atoms with Crippen molar-refractivity contribution in [3.8, 4) is 0 Å². The second kappa shape index (κ2) is 5.79. The summed E-state index contributed by atoms with van der Waals surface area (Å²) in [6.07, 6.45) is 2.45. The van der Waals surface area contributed by atoms with Crippen molar-refractivity contribution >= 4 is 22.9 Å². The van der Waals surface area contributed by atoms with Crippen LogP contribution in [0.3, 0.4) is 0 Å². The predicted molar refractivity (Wildman–Crippen MR) is 80.3 cm³/mol. The van der Waals surface area contributed by atoms with Gasteiger partial charge in [-0.1, -0.05) is 23.8 Å². The minimum absolute atomic E-state index is 0.405. The van der Waals surface area contributed by atoms with E-state index in [0.717, 1.165) is 35.6 Å². The number of nitrogens with two attached hydrogens (primary N) is 1. The molecule has 0 radical (unpaired) electrons. The normalized spacial score (nSPS) is 10.4. The van der Waals surface area contributed by atoms with Gasteiger partial charge in [0.05, 0.1) is 0 Å². The summed E-state index contributed by atoms with van der Waals surface area (Å²) in [5, 5.41) is 7.55. The van der Waals surface area contributed by atoms with Crippen molar-refractivity contribution in [2.45, 2.75) is 13.3 Å². The van der Waals surface area contributed by atoms with Gasteiger partial charge < -0.3 is 11.1 Å². The van der Waals surface area contributed by atoms with Gasteiger partial charge in [0.25, 0.3) is 0 Å². The molecule has 0 saturated heterocycles. The molecule has 2 rings (SSSR count). The molecular weight excluding hydrogens is 258 g/mol. The monoisotopic (exact) mass is 275 g/mol. The zero-order valence-electron chi connectivity index (χ0n) is 11.1. The first kappa shape index (κ1) is 13.5. The Bertz CT molecular complexity index is 590. The van der Waals surface area contributed by atoms with Gasteiger partial charge in [0.2, 0.25) is 0 Å². The Morgan fingerprint density at radius 2 is 2.26 bits per heavy atom. The molecule has 0 aliphatic carbocycles. The summed E-state index contributed by atoms with van der Waals surface area (Å²) in [6, 6.07) is 6.02. The number of aromatic nitrogens is 3. The van der Waals surface area contributed by atoms with Crippen LogP contribution in [-0.4, -0.2) is 26.3 Å². The zero-order valence-corrected chi connectivity index (χ0v) is 11.9. The van der Waals surface area contributed by atoms with Crippen LogP contribution in [-0.2, 0) is 13.5 Å². The molecule has 3 N–H and O–H groups in total. The van der Waals surface area contributed by atoms with Gasteiger partial charge in [-0.15, -0.1) is 0 Å². The van der Waals surface area contributed by atoms with E-state index in [-0.39, 0.29) is 0 Å². The smallest absolute Gasteiger partial charge is 0.152 e. The second-order valence-electron chi connectivity index (χ2n) is 4.42. The number of aryl methyl sites for hydroxylation is 2. The first-order chi connectivity index (χ1) is 9.06. The molecule has 1 aromatic heterocycles. The number of benzene rings is 1. The summed E-state index contributed by atoms with van der Waals surface area (Å²) in [5.41, 5.74) is 8.70. The van der Waals surface area contributed by atoms with Gasteiger partial charge in [-0.3, -0.25) is 4.68 Å². The first-order valence-electron chi connectivity index (χ1n) is 6.05. The molecule has 6 heteroatoms. The van der Waals surface area contributed by atoms with E-state index in [9.17, 15) is 0 Å². The molecule has 2 aromatic rings. The molecule has 0 saturated carbocycles. The summed E-state index contributed by atoms with van der Waals surface area (Å²) in [5.74, 6) is 0.819. The predicted octanol–water partition coefficient (Wildman–Crippen LogP) is 1.41. The van der Waals surface area contributed by atoms with Crippen LogP contribution in [0.1, 0.15) is 17.0 Å². The van der Waals surface area contributed by atoms with Crippen molar-refractivity contribution in [3.05, 3.63) is 41.5 Å². The fourth-order valence-electron chi connectivity index (χ4n) is 1.82. The van der Waals surface area contributed by atoms with E-state index in [2.05, 4.69) is 15.4 Å². The Labute approximate surface area is 117 Å². The van der Waals surface area contributed by atoms with Gasteiger partial charge in [0.1, 0.15) is 11.3 Å². The number of hydrogen-bond donors (Lipinski definition) is 2. The van der Waals surface area contributed by atoms with Crippen LogP contribution in [0.25, 0.3) is 0 Å². The summed E-state index contributed by atoms with van der Waals surface area (Å²) in [6.45, 7) is 2.76. The maximum atomic E-state index is 5.73. The lowest BCUT2D eigenvalue weighted by Crippen LogP contribution is -2.15. The highest BCUT2D eigenvalue weighted by Gasteiger charge is 2.05. The lowest BCUT2D eigenvalue weighted by atomic mass is 10.1. The van der Waals surface area contributed by atoms with Crippen molar-refractivity contribution in [1.29, 1.82) is 0 Å². The molecule has 0 spiro atoms. The van der Waals surface area contributed by atoms with Crippen LogP contribution in [0.5, 0.6) is 0 Å². The number of thiocarbonyl (C=S) groups is 1. The van der Waals surface area contributed by atoms with Crippen LogP contribution in [0.15, 0.2) is 24.5 Å². The lowest BCUT2D eigenvalue weighted by molar-refractivity contribution is 0.742. The molecule has 0 aliphatic heterocycles. The quantitative estimate of drug-likeness (QED) is 0.808. The Hall–Kier alpha value is -1.95. The largest absolute Gasteiger partial charge is 0.389 e. The van der Waals surface area contributed by atoms with Gasteiger partial charge in [-0.25, -0.2) is 4.98 Å². The third kappa shape index (κ3) is 3.51. The molecule has 0 fully saturated rings. The van der Waals surface area contributed by atoms with E-state index < -0.39 is 0 Å². The van der Waals surface area contributed by atoms with Crippen molar-refractivity contribution < 1.29 is 0 Å². The van der Waals surface area contributed by atoms with Gasteiger partial charge >= 0.3 is 0 Å². The number of nitrogens with one attached hydrogen (secondary N) is 1. The van der Waals surface area contributed by atoms with E-state index in [0.29, 0.717) is 4.99 Å². The summed E-state index contributed by atoms with van der Waals surface area (Å²) in [4.78, 5) is 4.58. The van der Waals surface area contributed by atoms with Crippen LogP contribution >= 0.6 is 12.2 Å².